The van der Waals surface area contributed by atoms with E-state index in [1.165, 1.54) is 0 Å². The third-order valence-electron chi connectivity index (χ3n) is 2.86. The van der Waals surface area contributed by atoms with Gasteiger partial charge in [0.25, 0.3) is 0 Å². The summed E-state index contributed by atoms with van der Waals surface area (Å²) in [5, 5.41) is 13.7. The molecule has 0 aliphatic heterocycles. The molecule has 1 aromatic rings. The van der Waals surface area contributed by atoms with Gasteiger partial charge in [-0.2, -0.15) is 0 Å². The predicted molar refractivity (Wildman–Crippen MR) is 76.4 cm³/mol. The first kappa shape index (κ1) is 16.5. The number of amides is 3. The first-order valence-electron chi connectivity index (χ1n) is 6.53. The Bertz CT molecular complexity index is 504. The number of primary amides is 1. The number of benzene rings is 1. The Balaban J connectivity index is 2.72. The maximum Gasteiger partial charge on any atom is 0.313 e. The number of hydrogen-bond donors (Lipinski definition) is 4. The highest BCUT2D eigenvalue weighted by molar-refractivity contribution is 5.87. The third-order valence-corrected chi connectivity index (χ3v) is 2.86. The molecule has 3 amide bonds. The van der Waals surface area contributed by atoms with Crippen molar-refractivity contribution in [2.75, 3.05) is 0 Å². The molecule has 21 heavy (non-hydrogen) atoms. The number of aliphatic carboxylic acids is 1. The van der Waals surface area contributed by atoms with Crippen molar-refractivity contribution in [3.05, 3.63) is 35.9 Å². The van der Waals surface area contributed by atoms with Crippen molar-refractivity contribution in [3.63, 3.8) is 0 Å². The van der Waals surface area contributed by atoms with E-state index in [1.54, 1.807) is 37.3 Å². The summed E-state index contributed by atoms with van der Waals surface area (Å²) in [6.45, 7) is 1.70. The second-order valence-electron chi connectivity index (χ2n) is 4.69. The predicted octanol–water partition coefficient (Wildman–Crippen LogP) is 0.766. The lowest BCUT2D eigenvalue weighted by molar-refractivity contribution is -0.137. The number of carbonyl (C=O) groups excluding carboxylic acids is 2. The zero-order chi connectivity index (χ0) is 15.8. The first-order valence-corrected chi connectivity index (χ1v) is 6.53. The average molecular weight is 293 g/mol. The molecule has 0 aliphatic rings. The highest BCUT2D eigenvalue weighted by Gasteiger charge is 2.23. The molecule has 1 aromatic carbocycles. The number of nitrogens with two attached hydrogens (primary N) is 1. The number of carboxylic acids is 1. The molecular formula is C14H19N3O4. The van der Waals surface area contributed by atoms with Crippen LogP contribution in [-0.2, 0) is 9.59 Å². The Morgan fingerprint density at radius 2 is 1.81 bits per heavy atom. The molecule has 0 saturated carbocycles. The molecule has 0 aromatic heterocycles. The SMILES string of the molecule is CC(CCC(=O)O)NC(=O)C(NC(N)=O)c1ccccc1. The maximum atomic E-state index is 12.2. The van der Waals surface area contributed by atoms with E-state index in [2.05, 4.69) is 10.6 Å². The quantitative estimate of drug-likeness (QED) is 0.593. The van der Waals surface area contributed by atoms with Crippen molar-refractivity contribution in [1.82, 2.24) is 10.6 Å². The van der Waals surface area contributed by atoms with Crippen LogP contribution >= 0.6 is 0 Å². The van der Waals surface area contributed by atoms with Gasteiger partial charge < -0.3 is 21.5 Å². The normalized spacial score (nSPS) is 13.0. The van der Waals surface area contributed by atoms with Crippen LogP contribution in [0.3, 0.4) is 0 Å². The van der Waals surface area contributed by atoms with Gasteiger partial charge in [0.1, 0.15) is 6.04 Å². The van der Waals surface area contributed by atoms with Crippen LogP contribution in [0.5, 0.6) is 0 Å². The Morgan fingerprint density at radius 3 is 2.33 bits per heavy atom. The topological polar surface area (TPSA) is 122 Å². The molecule has 0 fully saturated rings. The highest BCUT2D eigenvalue weighted by atomic mass is 16.4. The van der Waals surface area contributed by atoms with E-state index in [0.29, 0.717) is 12.0 Å². The molecule has 0 heterocycles. The minimum absolute atomic E-state index is 0.0410. The fourth-order valence-corrected chi connectivity index (χ4v) is 1.83. The molecule has 1 rings (SSSR count). The van der Waals surface area contributed by atoms with E-state index in [9.17, 15) is 14.4 Å². The van der Waals surface area contributed by atoms with Crippen molar-refractivity contribution in [2.45, 2.75) is 31.8 Å². The molecule has 0 saturated heterocycles. The lowest BCUT2D eigenvalue weighted by Gasteiger charge is -2.20. The Hall–Kier alpha value is -2.57. The van der Waals surface area contributed by atoms with Crippen molar-refractivity contribution in [1.29, 1.82) is 0 Å². The molecule has 7 nitrogen and oxygen atoms in total. The van der Waals surface area contributed by atoms with E-state index < -0.39 is 23.9 Å². The van der Waals surface area contributed by atoms with Crippen LogP contribution in [0.15, 0.2) is 30.3 Å². The van der Waals surface area contributed by atoms with Gasteiger partial charge in [-0.05, 0) is 18.9 Å². The summed E-state index contributed by atoms with van der Waals surface area (Å²) in [5.41, 5.74) is 5.69. The second kappa shape index (κ2) is 7.88. The molecule has 114 valence electrons. The highest BCUT2D eigenvalue weighted by Crippen LogP contribution is 2.13. The van der Waals surface area contributed by atoms with Gasteiger partial charge in [0, 0.05) is 12.5 Å². The van der Waals surface area contributed by atoms with Crippen LogP contribution in [0.25, 0.3) is 0 Å². The summed E-state index contributed by atoms with van der Waals surface area (Å²) < 4.78 is 0. The summed E-state index contributed by atoms with van der Waals surface area (Å²) >= 11 is 0. The lowest BCUT2D eigenvalue weighted by atomic mass is 10.1. The molecule has 7 heteroatoms. The van der Waals surface area contributed by atoms with Gasteiger partial charge in [-0.3, -0.25) is 9.59 Å². The summed E-state index contributed by atoms with van der Waals surface area (Å²) in [4.78, 5) is 33.8. The van der Waals surface area contributed by atoms with Crippen LogP contribution in [0, 0.1) is 0 Å². The van der Waals surface area contributed by atoms with Gasteiger partial charge in [0.05, 0.1) is 0 Å². The number of carboxylic acid groups (broad SMARTS) is 1. The fraction of sp³-hybridized carbons (Fsp3) is 0.357. The molecule has 2 unspecified atom stereocenters. The van der Waals surface area contributed by atoms with Crippen LogP contribution < -0.4 is 16.4 Å². The zero-order valence-electron chi connectivity index (χ0n) is 11.7. The van der Waals surface area contributed by atoms with Crippen molar-refractivity contribution in [2.24, 2.45) is 5.73 Å². The van der Waals surface area contributed by atoms with E-state index in [1.807, 2.05) is 0 Å². The standard InChI is InChI=1S/C14H19N3O4/c1-9(7-8-11(18)19)16-13(20)12(17-14(15)21)10-5-3-2-4-6-10/h2-6,9,12H,7-8H2,1H3,(H,16,20)(H,18,19)(H3,15,17,21). The monoisotopic (exact) mass is 293 g/mol. The molecule has 2 atom stereocenters. The fourth-order valence-electron chi connectivity index (χ4n) is 1.83. The molecule has 0 bridgehead atoms. The van der Waals surface area contributed by atoms with Gasteiger partial charge >= 0.3 is 12.0 Å². The third kappa shape index (κ3) is 5.94. The van der Waals surface area contributed by atoms with Crippen LogP contribution in [0.1, 0.15) is 31.4 Å². The van der Waals surface area contributed by atoms with Gasteiger partial charge in [0.15, 0.2) is 0 Å². The van der Waals surface area contributed by atoms with Crippen molar-refractivity contribution >= 4 is 17.9 Å². The Morgan fingerprint density at radius 1 is 1.19 bits per heavy atom. The van der Waals surface area contributed by atoms with E-state index >= 15 is 0 Å². The molecule has 5 N–H and O–H groups in total. The largest absolute Gasteiger partial charge is 0.481 e. The van der Waals surface area contributed by atoms with Gasteiger partial charge in [0.2, 0.25) is 5.91 Å². The number of nitrogens with one attached hydrogen (secondary N) is 2. The number of urea groups is 1. The van der Waals surface area contributed by atoms with Gasteiger partial charge in [-0.25, -0.2) is 4.79 Å². The van der Waals surface area contributed by atoms with Crippen molar-refractivity contribution in [3.8, 4) is 0 Å². The number of rotatable bonds is 7. The first-order chi connectivity index (χ1) is 9.90. The molecule has 0 aliphatic carbocycles. The smallest absolute Gasteiger partial charge is 0.313 e. The maximum absolute atomic E-state index is 12.2. The van der Waals surface area contributed by atoms with Crippen LogP contribution in [0.4, 0.5) is 4.79 Å². The van der Waals surface area contributed by atoms with E-state index in [0.717, 1.165) is 0 Å². The minimum Gasteiger partial charge on any atom is -0.481 e. The summed E-state index contributed by atoms with van der Waals surface area (Å²) in [6.07, 6.45) is 0.264. The van der Waals surface area contributed by atoms with Crippen molar-refractivity contribution < 1.29 is 19.5 Å². The van der Waals surface area contributed by atoms with Gasteiger partial charge in [-0.1, -0.05) is 30.3 Å². The zero-order valence-corrected chi connectivity index (χ0v) is 11.7. The summed E-state index contributed by atoms with van der Waals surface area (Å²) in [6, 6.07) is 6.63. The van der Waals surface area contributed by atoms with Gasteiger partial charge in [-0.15, -0.1) is 0 Å². The number of carbonyl (C=O) groups is 3. The Kier molecular flexibility index (Phi) is 6.19. The average Bonchev–Trinajstić information content (AvgIpc) is 2.43. The second-order valence-corrected chi connectivity index (χ2v) is 4.69. The Labute approximate surface area is 122 Å². The summed E-state index contributed by atoms with van der Waals surface area (Å²) in [5.74, 6) is -1.36. The van der Waals surface area contributed by atoms with Crippen LogP contribution in [-0.4, -0.2) is 29.1 Å². The van der Waals surface area contributed by atoms with E-state index in [4.69, 9.17) is 10.8 Å². The molecule has 0 radical (unpaired) electrons. The molecular weight excluding hydrogens is 274 g/mol. The summed E-state index contributed by atoms with van der Waals surface area (Å²) in [7, 11) is 0. The minimum atomic E-state index is -0.925. The lowest BCUT2D eigenvalue weighted by Crippen LogP contribution is -2.45. The number of hydrogen-bond acceptors (Lipinski definition) is 3. The molecule has 0 spiro atoms. The van der Waals surface area contributed by atoms with Crippen LogP contribution in [0.2, 0.25) is 0 Å². The van der Waals surface area contributed by atoms with E-state index in [-0.39, 0.29) is 12.5 Å².